The van der Waals surface area contributed by atoms with Crippen LogP contribution in [0.3, 0.4) is 0 Å². The molecule has 0 saturated carbocycles. The van der Waals surface area contributed by atoms with Crippen molar-refractivity contribution in [2.24, 2.45) is 0 Å². The number of nitrogens with zero attached hydrogens (tertiary/aromatic N) is 4. The van der Waals surface area contributed by atoms with Crippen LogP contribution < -0.4 is 0 Å². The van der Waals surface area contributed by atoms with Crippen LogP contribution in [0.2, 0.25) is 5.02 Å². The molecule has 0 aliphatic rings. The third kappa shape index (κ3) is 2.53. The summed E-state index contributed by atoms with van der Waals surface area (Å²) in [6.07, 6.45) is 0. The van der Waals surface area contributed by atoms with E-state index < -0.39 is 0 Å². The highest BCUT2D eigenvalue weighted by molar-refractivity contribution is 6.30. The van der Waals surface area contributed by atoms with Crippen LogP contribution in [0.4, 0.5) is 0 Å². The van der Waals surface area contributed by atoms with Gasteiger partial charge in [-0.15, -0.1) is 26.6 Å². The predicted molar refractivity (Wildman–Crippen MR) is 79.2 cm³/mol. The van der Waals surface area contributed by atoms with Gasteiger partial charge >= 0.3 is 0 Å². The fourth-order valence-corrected chi connectivity index (χ4v) is 2.25. The first kappa shape index (κ1) is 13.1. The third-order valence-electron chi connectivity index (χ3n) is 2.85. The summed E-state index contributed by atoms with van der Waals surface area (Å²) in [5, 5.41) is 13.1. The smallest absolute Gasteiger partial charge is 0.130 e. The number of hydrogen-bond donors (Lipinski definition) is 0. The molecule has 2 aromatic carbocycles. The van der Waals surface area contributed by atoms with Crippen LogP contribution >= 0.6 is 23.2 Å². The highest BCUT2D eigenvalue weighted by Crippen LogP contribution is 2.21. The first-order valence-corrected chi connectivity index (χ1v) is 6.89. The van der Waals surface area contributed by atoms with Crippen LogP contribution in [0, 0.1) is 0 Å². The second kappa shape index (κ2) is 5.61. The molecule has 0 N–H and O–H groups in total. The molecule has 4 nitrogen and oxygen atoms in total. The lowest BCUT2D eigenvalue weighted by molar-refractivity contribution is 0.715. The second-order valence-corrected chi connectivity index (χ2v) is 4.88. The van der Waals surface area contributed by atoms with E-state index >= 15 is 0 Å². The molecule has 0 amide bonds. The van der Waals surface area contributed by atoms with Gasteiger partial charge < -0.3 is 0 Å². The molecule has 0 bridgehead atoms. The van der Waals surface area contributed by atoms with Gasteiger partial charge in [-0.3, -0.25) is 0 Å². The highest BCUT2D eigenvalue weighted by Gasteiger charge is 2.10. The topological polar surface area (TPSA) is 43.6 Å². The Labute approximate surface area is 126 Å². The quantitative estimate of drug-likeness (QED) is 0.693. The second-order valence-electron chi connectivity index (χ2n) is 4.18. The molecular weight excluding hydrogens is 295 g/mol. The van der Waals surface area contributed by atoms with Gasteiger partial charge in [0.1, 0.15) is 0 Å². The van der Waals surface area contributed by atoms with Crippen molar-refractivity contribution in [3.63, 3.8) is 0 Å². The maximum absolute atomic E-state index is 6.02. The van der Waals surface area contributed by atoms with Crippen molar-refractivity contribution < 1.29 is 0 Å². The molecule has 0 fully saturated rings. The average molecular weight is 305 g/mol. The highest BCUT2D eigenvalue weighted by atomic mass is 35.5. The van der Waals surface area contributed by atoms with E-state index in [-0.39, 0.29) is 0 Å². The summed E-state index contributed by atoms with van der Waals surface area (Å²) < 4.78 is 0. The van der Waals surface area contributed by atoms with Crippen molar-refractivity contribution in [3.05, 3.63) is 59.1 Å². The van der Waals surface area contributed by atoms with Gasteiger partial charge in [0.05, 0.1) is 5.69 Å². The average Bonchev–Trinajstić information content (AvgIpc) is 2.98. The van der Waals surface area contributed by atoms with Crippen molar-refractivity contribution in [1.29, 1.82) is 0 Å². The van der Waals surface area contributed by atoms with Gasteiger partial charge in [-0.25, -0.2) is 0 Å². The molecule has 0 aliphatic carbocycles. The Balaban J connectivity index is 2.04. The molecule has 1 aromatic heterocycles. The zero-order chi connectivity index (χ0) is 13.9. The van der Waals surface area contributed by atoms with E-state index in [1.54, 1.807) is 12.1 Å². The lowest BCUT2D eigenvalue weighted by atomic mass is 10.2. The Hall–Kier alpha value is -1.91. The lowest BCUT2D eigenvalue weighted by Gasteiger charge is -2.05. The van der Waals surface area contributed by atoms with E-state index in [1.165, 1.54) is 4.80 Å². The number of benzene rings is 2. The van der Waals surface area contributed by atoms with Gasteiger partial charge in [-0.1, -0.05) is 48.0 Å². The van der Waals surface area contributed by atoms with E-state index in [0.29, 0.717) is 16.7 Å². The first-order chi connectivity index (χ1) is 9.78. The minimum absolute atomic E-state index is 0.356. The Kier molecular flexibility index (Phi) is 3.67. The minimum Gasteiger partial charge on any atom is -0.130 e. The standard InChI is InChI=1S/C14H10Cl2N4/c15-9-11-6-7-12(16)8-13(11)20-18-14(17-19-20)10-4-2-1-3-5-10/h1-8H,9H2. The van der Waals surface area contributed by atoms with E-state index in [0.717, 1.165) is 16.8 Å². The summed E-state index contributed by atoms with van der Waals surface area (Å²) in [6.45, 7) is 0. The van der Waals surface area contributed by atoms with Gasteiger partial charge in [-0.05, 0) is 22.9 Å². The largest absolute Gasteiger partial charge is 0.205 e. The molecule has 0 radical (unpaired) electrons. The first-order valence-electron chi connectivity index (χ1n) is 5.98. The molecule has 0 spiro atoms. The summed E-state index contributed by atoms with van der Waals surface area (Å²) in [5.41, 5.74) is 2.54. The summed E-state index contributed by atoms with van der Waals surface area (Å²) >= 11 is 11.9. The molecule has 3 rings (SSSR count). The van der Waals surface area contributed by atoms with Crippen molar-refractivity contribution >= 4 is 23.2 Å². The maximum atomic E-state index is 6.02. The lowest BCUT2D eigenvalue weighted by Crippen LogP contribution is -2.02. The molecule has 1 heterocycles. The molecular formula is C14H10Cl2N4. The number of alkyl halides is 1. The summed E-state index contributed by atoms with van der Waals surface area (Å²) in [4.78, 5) is 1.45. The van der Waals surface area contributed by atoms with E-state index in [1.807, 2.05) is 36.4 Å². The Morgan fingerprint density at radius 3 is 2.60 bits per heavy atom. The zero-order valence-electron chi connectivity index (χ0n) is 10.4. The Bertz CT molecular complexity index is 725. The number of aromatic nitrogens is 4. The Morgan fingerprint density at radius 1 is 1.05 bits per heavy atom. The van der Waals surface area contributed by atoms with Gasteiger partial charge in [0.25, 0.3) is 0 Å². The fraction of sp³-hybridized carbons (Fsp3) is 0.0714. The monoisotopic (exact) mass is 304 g/mol. The van der Waals surface area contributed by atoms with Crippen molar-refractivity contribution in [3.8, 4) is 17.1 Å². The molecule has 0 atom stereocenters. The summed E-state index contributed by atoms with van der Waals surface area (Å²) in [7, 11) is 0. The van der Waals surface area contributed by atoms with Crippen LogP contribution in [-0.2, 0) is 5.88 Å². The number of tetrazole rings is 1. The van der Waals surface area contributed by atoms with Crippen LogP contribution in [-0.4, -0.2) is 20.2 Å². The van der Waals surface area contributed by atoms with Crippen LogP contribution in [0.5, 0.6) is 0 Å². The fourth-order valence-electron chi connectivity index (χ4n) is 1.86. The number of rotatable bonds is 3. The SMILES string of the molecule is ClCc1ccc(Cl)cc1-n1nnc(-c2ccccc2)n1. The van der Waals surface area contributed by atoms with E-state index in [4.69, 9.17) is 23.2 Å². The molecule has 0 saturated heterocycles. The summed E-state index contributed by atoms with van der Waals surface area (Å²) in [6, 6.07) is 15.1. The Morgan fingerprint density at radius 2 is 1.85 bits per heavy atom. The molecule has 100 valence electrons. The predicted octanol–water partition coefficient (Wildman–Crippen LogP) is 3.72. The normalized spacial score (nSPS) is 10.7. The van der Waals surface area contributed by atoms with Gasteiger partial charge in [-0.2, -0.15) is 0 Å². The van der Waals surface area contributed by atoms with E-state index in [9.17, 15) is 0 Å². The van der Waals surface area contributed by atoms with Crippen molar-refractivity contribution in [2.45, 2.75) is 5.88 Å². The van der Waals surface area contributed by atoms with Gasteiger partial charge in [0.15, 0.2) is 0 Å². The molecule has 20 heavy (non-hydrogen) atoms. The van der Waals surface area contributed by atoms with Crippen LogP contribution in [0.15, 0.2) is 48.5 Å². The number of halogens is 2. The molecule has 0 unspecified atom stereocenters. The zero-order valence-corrected chi connectivity index (χ0v) is 11.9. The van der Waals surface area contributed by atoms with Gasteiger partial charge in [0, 0.05) is 16.5 Å². The molecule has 6 heteroatoms. The minimum atomic E-state index is 0.356. The summed E-state index contributed by atoms with van der Waals surface area (Å²) in [5.74, 6) is 0.917. The van der Waals surface area contributed by atoms with Gasteiger partial charge in [0.2, 0.25) is 5.82 Å². The van der Waals surface area contributed by atoms with Crippen molar-refractivity contribution in [1.82, 2.24) is 20.2 Å². The van der Waals surface area contributed by atoms with Crippen molar-refractivity contribution in [2.75, 3.05) is 0 Å². The molecule has 0 aliphatic heterocycles. The maximum Gasteiger partial charge on any atom is 0.205 e. The van der Waals surface area contributed by atoms with E-state index in [2.05, 4.69) is 15.4 Å². The van der Waals surface area contributed by atoms with Crippen LogP contribution in [0.25, 0.3) is 17.1 Å². The third-order valence-corrected chi connectivity index (χ3v) is 3.38. The molecule has 3 aromatic rings. The van der Waals surface area contributed by atoms with Crippen LogP contribution in [0.1, 0.15) is 5.56 Å². The number of hydrogen-bond acceptors (Lipinski definition) is 3.